The Morgan fingerprint density at radius 3 is 2.41 bits per heavy atom. The van der Waals surface area contributed by atoms with Crippen molar-refractivity contribution in [3.63, 3.8) is 0 Å². The summed E-state index contributed by atoms with van der Waals surface area (Å²) in [5, 5.41) is 11.3. The second kappa shape index (κ2) is 9.53. The Bertz CT molecular complexity index is 878. The van der Waals surface area contributed by atoms with Gasteiger partial charge in [0.15, 0.2) is 0 Å². The number of anilines is 1. The highest BCUT2D eigenvalue weighted by molar-refractivity contribution is 7.89. The molecule has 0 aliphatic rings. The number of sulfonamides is 1. The fourth-order valence-corrected chi connectivity index (χ4v) is 3.37. The van der Waals surface area contributed by atoms with Gasteiger partial charge in [-0.25, -0.2) is 13.6 Å². The van der Waals surface area contributed by atoms with Gasteiger partial charge in [0.2, 0.25) is 15.9 Å². The standard InChI is InChI=1S/C20H27N3O3S/c1-3-17-6-4-5-15(2)20(17)23-14-12-19(24)22-13-11-16-7-9-18(10-8-16)27(21,25)26/h4-10,23H,3,11-14H2,1-2H3,(H,22,24)(H2,21,25,26). The molecule has 7 heteroatoms. The average molecular weight is 390 g/mol. The second-order valence-corrected chi connectivity index (χ2v) is 7.99. The number of hydrogen-bond acceptors (Lipinski definition) is 4. The summed E-state index contributed by atoms with van der Waals surface area (Å²) in [7, 11) is -3.67. The molecule has 2 aromatic rings. The third-order valence-electron chi connectivity index (χ3n) is 4.38. The SMILES string of the molecule is CCc1cccc(C)c1NCCC(=O)NCCc1ccc(S(N)(=O)=O)cc1. The molecule has 0 atom stereocenters. The van der Waals surface area contributed by atoms with Crippen LogP contribution in [0.4, 0.5) is 5.69 Å². The van der Waals surface area contributed by atoms with E-state index in [2.05, 4.69) is 36.6 Å². The molecule has 0 spiro atoms. The number of hydrogen-bond donors (Lipinski definition) is 3. The van der Waals surface area contributed by atoms with Gasteiger partial charge in [-0.2, -0.15) is 0 Å². The summed E-state index contributed by atoms with van der Waals surface area (Å²) < 4.78 is 22.5. The number of nitrogens with two attached hydrogens (primary N) is 1. The van der Waals surface area contributed by atoms with Gasteiger partial charge in [-0.15, -0.1) is 0 Å². The Hall–Kier alpha value is -2.38. The number of benzene rings is 2. The minimum absolute atomic E-state index is 0.0183. The molecule has 0 aliphatic heterocycles. The van der Waals surface area contributed by atoms with Crippen LogP contribution in [0, 0.1) is 6.92 Å². The molecule has 2 rings (SSSR count). The van der Waals surface area contributed by atoms with Crippen molar-refractivity contribution in [2.75, 3.05) is 18.4 Å². The lowest BCUT2D eigenvalue weighted by Gasteiger charge is -2.14. The smallest absolute Gasteiger partial charge is 0.238 e. The molecule has 1 amide bonds. The van der Waals surface area contributed by atoms with Crippen molar-refractivity contribution < 1.29 is 13.2 Å². The van der Waals surface area contributed by atoms with Gasteiger partial charge < -0.3 is 10.6 Å². The van der Waals surface area contributed by atoms with Crippen LogP contribution in [0.1, 0.15) is 30.0 Å². The summed E-state index contributed by atoms with van der Waals surface area (Å²) in [6.07, 6.45) is 1.96. The van der Waals surface area contributed by atoms with E-state index in [1.165, 1.54) is 23.3 Å². The van der Waals surface area contributed by atoms with E-state index in [-0.39, 0.29) is 10.8 Å². The molecule has 0 unspecified atom stereocenters. The zero-order valence-corrected chi connectivity index (χ0v) is 16.6. The lowest BCUT2D eigenvalue weighted by Crippen LogP contribution is -2.27. The van der Waals surface area contributed by atoms with Gasteiger partial charge in [0.25, 0.3) is 0 Å². The van der Waals surface area contributed by atoms with Gasteiger partial charge >= 0.3 is 0 Å². The first-order valence-corrected chi connectivity index (χ1v) is 10.6. The summed E-state index contributed by atoms with van der Waals surface area (Å²) in [6.45, 7) is 5.25. The maximum absolute atomic E-state index is 12.0. The van der Waals surface area contributed by atoms with Gasteiger partial charge in [-0.3, -0.25) is 4.79 Å². The number of aryl methyl sites for hydroxylation is 2. The number of carbonyl (C=O) groups excluding carboxylic acids is 1. The molecule has 4 N–H and O–H groups in total. The van der Waals surface area contributed by atoms with Gasteiger partial charge in [-0.05, 0) is 48.6 Å². The Morgan fingerprint density at radius 2 is 1.78 bits per heavy atom. The van der Waals surface area contributed by atoms with E-state index in [0.717, 1.165) is 17.7 Å². The third-order valence-corrected chi connectivity index (χ3v) is 5.31. The third kappa shape index (κ3) is 6.37. The predicted octanol–water partition coefficient (Wildman–Crippen LogP) is 2.37. The summed E-state index contributed by atoms with van der Waals surface area (Å²) in [4.78, 5) is 12.1. The number of nitrogens with one attached hydrogen (secondary N) is 2. The molecule has 0 bridgehead atoms. The van der Waals surface area contributed by atoms with Crippen LogP contribution in [0.5, 0.6) is 0 Å². The van der Waals surface area contributed by atoms with Crippen molar-refractivity contribution in [3.05, 3.63) is 59.2 Å². The van der Waals surface area contributed by atoms with Crippen LogP contribution < -0.4 is 15.8 Å². The summed E-state index contributed by atoms with van der Waals surface area (Å²) in [5.74, 6) is -0.0183. The Morgan fingerprint density at radius 1 is 1.07 bits per heavy atom. The molecule has 0 radical (unpaired) electrons. The monoisotopic (exact) mass is 389 g/mol. The Balaban J connectivity index is 1.74. The van der Waals surface area contributed by atoms with Gasteiger partial charge in [0.1, 0.15) is 0 Å². The van der Waals surface area contributed by atoms with Crippen LogP contribution in [-0.4, -0.2) is 27.4 Å². The van der Waals surface area contributed by atoms with Crippen molar-refractivity contribution in [1.82, 2.24) is 5.32 Å². The summed E-state index contributed by atoms with van der Waals surface area (Å²) in [6, 6.07) is 12.6. The second-order valence-electron chi connectivity index (χ2n) is 6.43. The summed E-state index contributed by atoms with van der Waals surface area (Å²) in [5.41, 5.74) is 4.48. The maximum Gasteiger partial charge on any atom is 0.238 e. The van der Waals surface area contributed by atoms with E-state index in [9.17, 15) is 13.2 Å². The molecule has 0 saturated heterocycles. The molecular weight excluding hydrogens is 362 g/mol. The van der Waals surface area contributed by atoms with Crippen molar-refractivity contribution >= 4 is 21.6 Å². The highest BCUT2D eigenvalue weighted by Crippen LogP contribution is 2.20. The van der Waals surface area contributed by atoms with E-state index in [1.807, 2.05) is 6.07 Å². The lowest BCUT2D eigenvalue weighted by molar-refractivity contribution is -0.120. The van der Waals surface area contributed by atoms with E-state index in [1.54, 1.807) is 12.1 Å². The Kier molecular flexibility index (Phi) is 7.38. The number of carbonyl (C=O) groups is 1. The molecule has 2 aromatic carbocycles. The zero-order chi connectivity index (χ0) is 19.9. The predicted molar refractivity (Wildman–Crippen MR) is 108 cm³/mol. The fourth-order valence-electron chi connectivity index (χ4n) is 2.86. The van der Waals surface area contributed by atoms with Crippen LogP contribution in [-0.2, 0) is 27.7 Å². The molecule has 0 heterocycles. The first-order chi connectivity index (χ1) is 12.8. The van der Waals surface area contributed by atoms with Crippen LogP contribution in [0.15, 0.2) is 47.4 Å². The minimum atomic E-state index is -3.67. The molecule has 0 fully saturated rings. The van der Waals surface area contributed by atoms with E-state index in [4.69, 9.17) is 5.14 Å². The lowest BCUT2D eigenvalue weighted by atomic mass is 10.1. The number of primary sulfonamides is 1. The van der Waals surface area contributed by atoms with E-state index >= 15 is 0 Å². The Labute approximate surface area is 161 Å². The highest BCUT2D eigenvalue weighted by Gasteiger charge is 2.08. The quantitative estimate of drug-likeness (QED) is 0.613. The van der Waals surface area contributed by atoms with E-state index in [0.29, 0.717) is 25.9 Å². The molecule has 6 nitrogen and oxygen atoms in total. The van der Waals surface area contributed by atoms with Crippen LogP contribution in [0.3, 0.4) is 0 Å². The van der Waals surface area contributed by atoms with Crippen molar-refractivity contribution in [3.8, 4) is 0 Å². The van der Waals surface area contributed by atoms with Crippen LogP contribution in [0.25, 0.3) is 0 Å². The first kappa shape index (κ1) is 20.9. The van der Waals surface area contributed by atoms with Crippen molar-refractivity contribution in [1.29, 1.82) is 0 Å². The van der Waals surface area contributed by atoms with Gasteiger partial charge in [-0.1, -0.05) is 37.3 Å². The number of rotatable bonds is 9. The largest absolute Gasteiger partial charge is 0.384 e. The van der Waals surface area contributed by atoms with Gasteiger partial charge in [0, 0.05) is 25.2 Å². The first-order valence-electron chi connectivity index (χ1n) is 9.02. The fraction of sp³-hybridized carbons (Fsp3) is 0.350. The normalized spacial score (nSPS) is 11.2. The zero-order valence-electron chi connectivity index (χ0n) is 15.8. The van der Waals surface area contributed by atoms with E-state index < -0.39 is 10.0 Å². The average Bonchev–Trinajstić information content (AvgIpc) is 2.62. The number of para-hydroxylation sites is 1. The summed E-state index contributed by atoms with van der Waals surface area (Å²) >= 11 is 0. The van der Waals surface area contributed by atoms with Crippen molar-refractivity contribution in [2.45, 2.75) is 38.0 Å². The molecular formula is C20H27N3O3S. The van der Waals surface area contributed by atoms with Crippen LogP contribution >= 0.6 is 0 Å². The molecule has 0 aliphatic carbocycles. The molecule has 0 saturated carbocycles. The molecule has 146 valence electrons. The number of amides is 1. The van der Waals surface area contributed by atoms with Crippen LogP contribution in [0.2, 0.25) is 0 Å². The van der Waals surface area contributed by atoms with Crippen molar-refractivity contribution in [2.24, 2.45) is 5.14 Å². The molecule has 0 aromatic heterocycles. The van der Waals surface area contributed by atoms with Gasteiger partial charge in [0.05, 0.1) is 4.90 Å². The molecule has 27 heavy (non-hydrogen) atoms. The minimum Gasteiger partial charge on any atom is -0.384 e. The topological polar surface area (TPSA) is 101 Å². The highest BCUT2D eigenvalue weighted by atomic mass is 32.2. The maximum atomic E-state index is 12.0.